The first-order valence-electron chi connectivity index (χ1n) is 11.6. The van der Waals surface area contributed by atoms with Gasteiger partial charge in [-0.15, -0.1) is 0 Å². The molecule has 0 unspecified atom stereocenters. The van der Waals surface area contributed by atoms with Crippen molar-refractivity contribution in [2.24, 2.45) is 0 Å². The Morgan fingerprint density at radius 2 is 1.71 bits per heavy atom. The molecule has 35 heavy (non-hydrogen) atoms. The fraction of sp³-hybridized carbons (Fsp3) is 0.308. The van der Waals surface area contributed by atoms with E-state index in [1.165, 1.54) is 6.92 Å². The standard InChI is InChI=1S/C26H29BrN6O2/c1-18-16-21(8-9-22(18)27)26(35)33-14-12-32(13-15-33)24-17-23(29-11-10-28-19(2)34)30-25(31-24)20-6-4-3-5-7-20/h3-9,16-17H,10-15H2,1-2H3,(H,28,34)(H,29,30,31). The lowest BCUT2D eigenvalue weighted by atomic mass is 10.1. The van der Waals surface area contributed by atoms with Crippen molar-refractivity contribution in [3.8, 4) is 11.4 Å². The number of anilines is 2. The lowest BCUT2D eigenvalue weighted by Crippen LogP contribution is -2.49. The number of nitrogens with zero attached hydrogens (tertiary/aromatic N) is 4. The molecular formula is C26H29BrN6O2. The number of carbonyl (C=O) groups is 2. The second-order valence-corrected chi connectivity index (χ2v) is 9.31. The summed E-state index contributed by atoms with van der Waals surface area (Å²) in [5, 5.41) is 6.07. The molecule has 1 aliphatic heterocycles. The first kappa shape index (κ1) is 24.7. The van der Waals surface area contributed by atoms with Crippen molar-refractivity contribution in [1.29, 1.82) is 0 Å². The van der Waals surface area contributed by atoms with Gasteiger partial charge in [-0.1, -0.05) is 46.3 Å². The van der Waals surface area contributed by atoms with Gasteiger partial charge in [-0.25, -0.2) is 9.97 Å². The van der Waals surface area contributed by atoms with E-state index >= 15 is 0 Å². The van der Waals surface area contributed by atoms with E-state index in [1.807, 2.05) is 66.4 Å². The Bertz CT molecular complexity index is 1200. The molecule has 0 atom stereocenters. The molecule has 0 saturated carbocycles. The van der Waals surface area contributed by atoms with Crippen LogP contribution < -0.4 is 15.5 Å². The molecule has 0 bridgehead atoms. The SMILES string of the molecule is CC(=O)NCCNc1cc(N2CCN(C(=O)c3ccc(Br)c(C)c3)CC2)nc(-c2ccccc2)n1. The number of piperazine rings is 1. The van der Waals surface area contributed by atoms with Crippen molar-refractivity contribution in [3.05, 3.63) is 70.2 Å². The summed E-state index contributed by atoms with van der Waals surface area (Å²) in [5.74, 6) is 2.13. The topological polar surface area (TPSA) is 90.5 Å². The Balaban J connectivity index is 1.48. The number of aromatic nitrogens is 2. The van der Waals surface area contributed by atoms with Gasteiger partial charge in [-0.3, -0.25) is 9.59 Å². The molecule has 0 spiro atoms. The van der Waals surface area contributed by atoms with Crippen molar-refractivity contribution < 1.29 is 9.59 Å². The molecule has 9 heteroatoms. The summed E-state index contributed by atoms with van der Waals surface area (Å²) in [6.07, 6.45) is 0. The van der Waals surface area contributed by atoms with E-state index in [2.05, 4.69) is 36.4 Å². The third-order valence-corrected chi connectivity index (χ3v) is 6.74. The normalized spacial score (nSPS) is 13.5. The molecular weight excluding hydrogens is 508 g/mol. The van der Waals surface area contributed by atoms with Crippen LogP contribution in [0.3, 0.4) is 0 Å². The molecule has 2 aromatic carbocycles. The Hall–Kier alpha value is -3.46. The van der Waals surface area contributed by atoms with E-state index in [1.54, 1.807) is 0 Å². The first-order valence-corrected chi connectivity index (χ1v) is 12.4. The highest BCUT2D eigenvalue weighted by Crippen LogP contribution is 2.24. The van der Waals surface area contributed by atoms with Crippen LogP contribution in [-0.4, -0.2) is 66.0 Å². The van der Waals surface area contributed by atoms with Crippen LogP contribution in [0.2, 0.25) is 0 Å². The van der Waals surface area contributed by atoms with Gasteiger partial charge in [0.25, 0.3) is 5.91 Å². The number of amides is 2. The van der Waals surface area contributed by atoms with Crippen molar-refractivity contribution in [3.63, 3.8) is 0 Å². The number of nitrogens with one attached hydrogen (secondary N) is 2. The van der Waals surface area contributed by atoms with Crippen LogP contribution in [0.5, 0.6) is 0 Å². The van der Waals surface area contributed by atoms with E-state index in [9.17, 15) is 9.59 Å². The highest BCUT2D eigenvalue weighted by Gasteiger charge is 2.24. The van der Waals surface area contributed by atoms with Gasteiger partial charge in [-0.2, -0.15) is 0 Å². The first-order chi connectivity index (χ1) is 16.9. The largest absolute Gasteiger partial charge is 0.368 e. The third-order valence-electron chi connectivity index (χ3n) is 5.85. The summed E-state index contributed by atoms with van der Waals surface area (Å²) < 4.78 is 0.998. The molecule has 4 rings (SSSR count). The van der Waals surface area contributed by atoms with Gasteiger partial charge in [0.05, 0.1) is 0 Å². The smallest absolute Gasteiger partial charge is 0.253 e. The second-order valence-electron chi connectivity index (χ2n) is 8.45. The third kappa shape index (κ3) is 6.36. The Morgan fingerprint density at radius 1 is 0.971 bits per heavy atom. The van der Waals surface area contributed by atoms with Gasteiger partial charge in [0.2, 0.25) is 5.91 Å². The van der Waals surface area contributed by atoms with Crippen LogP contribution in [0.25, 0.3) is 11.4 Å². The molecule has 2 amide bonds. The maximum atomic E-state index is 13.0. The minimum atomic E-state index is -0.0640. The Kier molecular flexibility index (Phi) is 7.97. The average molecular weight is 537 g/mol. The molecule has 8 nitrogen and oxygen atoms in total. The van der Waals surface area contributed by atoms with Gasteiger partial charge in [0, 0.05) is 67.9 Å². The summed E-state index contributed by atoms with van der Waals surface area (Å²) >= 11 is 3.50. The fourth-order valence-electron chi connectivity index (χ4n) is 3.93. The molecule has 1 aliphatic rings. The van der Waals surface area contributed by atoms with E-state index in [4.69, 9.17) is 4.98 Å². The van der Waals surface area contributed by atoms with Crippen LogP contribution >= 0.6 is 15.9 Å². The number of benzene rings is 2. The number of carbonyl (C=O) groups excluding carboxylic acids is 2. The van der Waals surface area contributed by atoms with Crippen LogP contribution in [0.4, 0.5) is 11.6 Å². The van der Waals surface area contributed by atoms with E-state index in [0.29, 0.717) is 56.5 Å². The number of halogens is 1. The zero-order valence-electron chi connectivity index (χ0n) is 19.9. The van der Waals surface area contributed by atoms with Crippen molar-refractivity contribution in [2.75, 3.05) is 49.5 Å². The monoisotopic (exact) mass is 536 g/mol. The molecule has 2 heterocycles. The Labute approximate surface area is 213 Å². The maximum Gasteiger partial charge on any atom is 0.253 e. The molecule has 1 fully saturated rings. The molecule has 0 radical (unpaired) electrons. The van der Waals surface area contributed by atoms with Crippen LogP contribution in [0, 0.1) is 6.92 Å². The maximum absolute atomic E-state index is 13.0. The average Bonchev–Trinajstić information content (AvgIpc) is 2.88. The summed E-state index contributed by atoms with van der Waals surface area (Å²) in [7, 11) is 0. The van der Waals surface area contributed by atoms with Crippen LogP contribution in [0.15, 0.2) is 59.1 Å². The lowest BCUT2D eigenvalue weighted by Gasteiger charge is -2.35. The zero-order chi connectivity index (χ0) is 24.8. The van der Waals surface area contributed by atoms with Gasteiger partial charge in [0.1, 0.15) is 11.6 Å². The minimum absolute atomic E-state index is 0.0493. The predicted molar refractivity (Wildman–Crippen MR) is 142 cm³/mol. The van der Waals surface area contributed by atoms with Gasteiger partial charge in [-0.05, 0) is 30.7 Å². The molecule has 2 N–H and O–H groups in total. The lowest BCUT2D eigenvalue weighted by molar-refractivity contribution is -0.118. The molecule has 1 saturated heterocycles. The highest BCUT2D eigenvalue weighted by atomic mass is 79.9. The summed E-state index contributed by atoms with van der Waals surface area (Å²) in [5.41, 5.74) is 2.68. The highest BCUT2D eigenvalue weighted by molar-refractivity contribution is 9.10. The zero-order valence-corrected chi connectivity index (χ0v) is 21.5. The van der Waals surface area contributed by atoms with E-state index in [-0.39, 0.29) is 11.8 Å². The number of hydrogen-bond donors (Lipinski definition) is 2. The molecule has 0 aliphatic carbocycles. The molecule has 3 aromatic rings. The number of rotatable bonds is 7. The van der Waals surface area contributed by atoms with Gasteiger partial charge >= 0.3 is 0 Å². The Morgan fingerprint density at radius 3 is 2.40 bits per heavy atom. The van der Waals surface area contributed by atoms with E-state index < -0.39 is 0 Å². The van der Waals surface area contributed by atoms with Crippen LogP contribution in [-0.2, 0) is 4.79 Å². The minimum Gasteiger partial charge on any atom is -0.368 e. The quantitative estimate of drug-likeness (QED) is 0.447. The summed E-state index contributed by atoms with van der Waals surface area (Å²) in [4.78, 5) is 37.8. The number of aryl methyl sites for hydroxylation is 1. The van der Waals surface area contributed by atoms with Gasteiger partial charge < -0.3 is 20.4 Å². The van der Waals surface area contributed by atoms with Crippen LogP contribution in [0.1, 0.15) is 22.8 Å². The fourth-order valence-corrected chi connectivity index (χ4v) is 4.18. The predicted octanol–water partition coefficient (Wildman–Crippen LogP) is 3.72. The number of hydrogen-bond acceptors (Lipinski definition) is 6. The summed E-state index contributed by atoms with van der Waals surface area (Å²) in [6, 6.07) is 17.5. The van der Waals surface area contributed by atoms with Crippen molar-refractivity contribution in [2.45, 2.75) is 13.8 Å². The van der Waals surface area contributed by atoms with Crippen molar-refractivity contribution >= 4 is 39.4 Å². The summed E-state index contributed by atoms with van der Waals surface area (Å²) in [6.45, 7) is 7.13. The van der Waals surface area contributed by atoms with Crippen molar-refractivity contribution in [1.82, 2.24) is 20.2 Å². The van der Waals surface area contributed by atoms with E-state index in [0.717, 1.165) is 21.4 Å². The van der Waals surface area contributed by atoms with Gasteiger partial charge in [0.15, 0.2) is 5.82 Å². The molecule has 182 valence electrons. The molecule has 1 aromatic heterocycles. The second kappa shape index (κ2) is 11.3.